The summed E-state index contributed by atoms with van der Waals surface area (Å²) in [6, 6.07) is 4.08. The van der Waals surface area contributed by atoms with Crippen molar-refractivity contribution in [2.75, 3.05) is 5.32 Å². The van der Waals surface area contributed by atoms with E-state index in [1.165, 1.54) is 6.07 Å². The van der Waals surface area contributed by atoms with E-state index in [9.17, 15) is 9.59 Å². The molecule has 4 N–H and O–H groups in total. The molecule has 6 heteroatoms. The van der Waals surface area contributed by atoms with Crippen LogP contribution in [0.15, 0.2) is 18.2 Å². The molecule has 0 aliphatic rings. The van der Waals surface area contributed by atoms with E-state index in [-0.39, 0.29) is 11.3 Å². The molecule has 104 valence electrons. The number of rotatable bonds is 3. The van der Waals surface area contributed by atoms with Crippen molar-refractivity contribution in [3.8, 4) is 0 Å². The van der Waals surface area contributed by atoms with Gasteiger partial charge in [-0.3, -0.25) is 4.79 Å². The lowest BCUT2D eigenvalue weighted by atomic mass is 9.87. The molecule has 1 atom stereocenters. The minimum atomic E-state index is -1.09. The highest BCUT2D eigenvalue weighted by Crippen LogP contribution is 2.22. The van der Waals surface area contributed by atoms with Crippen LogP contribution in [-0.4, -0.2) is 23.0 Å². The van der Waals surface area contributed by atoms with Gasteiger partial charge in [0.2, 0.25) is 5.91 Å². The number of anilines is 1. The molecule has 0 spiro atoms. The van der Waals surface area contributed by atoms with Crippen molar-refractivity contribution in [1.29, 1.82) is 0 Å². The average Bonchev–Trinajstić information content (AvgIpc) is 2.28. The third kappa shape index (κ3) is 4.17. The molecule has 0 bridgehead atoms. The molecule has 0 aromatic heterocycles. The Morgan fingerprint density at radius 2 is 1.95 bits per heavy atom. The van der Waals surface area contributed by atoms with Crippen molar-refractivity contribution in [2.24, 2.45) is 11.1 Å². The van der Waals surface area contributed by atoms with Gasteiger partial charge in [0.15, 0.2) is 0 Å². The lowest BCUT2D eigenvalue weighted by Gasteiger charge is -2.26. The summed E-state index contributed by atoms with van der Waals surface area (Å²) in [4.78, 5) is 23.1. The molecule has 1 aromatic carbocycles. The van der Waals surface area contributed by atoms with E-state index < -0.39 is 23.3 Å². The predicted octanol–water partition coefficient (Wildman–Crippen LogP) is 2.30. The number of hydrogen-bond acceptors (Lipinski definition) is 3. The van der Waals surface area contributed by atoms with Crippen LogP contribution in [0.2, 0.25) is 0 Å². The van der Waals surface area contributed by atoms with E-state index in [2.05, 4.69) is 5.32 Å². The van der Waals surface area contributed by atoms with E-state index in [4.69, 9.17) is 10.8 Å². The predicted molar refractivity (Wildman–Crippen MR) is 82.2 cm³/mol. The summed E-state index contributed by atoms with van der Waals surface area (Å²) in [6.07, 6.45) is 0. The average molecular weight is 376 g/mol. The second-order valence-corrected chi connectivity index (χ2v) is 6.57. The third-order valence-electron chi connectivity index (χ3n) is 2.69. The van der Waals surface area contributed by atoms with Crippen LogP contribution in [0.1, 0.15) is 31.1 Å². The molecule has 0 aliphatic heterocycles. The van der Waals surface area contributed by atoms with Gasteiger partial charge in [-0.15, -0.1) is 0 Å². The molecular formula is C13H17IN2O3. The Morgan fingerprint density at radius 1 is 1.37 bits per heavy atom. The minimum Gasteiger partial charge on any atom is -0.478 e. The maximum Gasteiger partial charge on any atom is 0.337 e. The highest BCUT2D eigenvalue weighted by molar-refractivity contribution is 14.1. The zero-order chi connectivity index (χ0) is 14.8. The second kappa shape index (κ2) is 5.87. The molecule has 1 rings (SSSR count). The van der Waals surface area contributed by atoms with E-state index in [0.29, 0.717) is 0 Å². The van der Waals surface area contributed by atoms with Crippen molar-refractivity contribution in [3.05, 3.63) is 27.3 Å². The lowest BCUT2D eigenvalue weighted by molar-refractivity contribution is -0.119. The highest BCUT2D eigenvalue weighted by Gasteiger charge is 2.28. The Labute approximate surface area is 125 Å². The zero-order valence-electron chi connectivity index (χ0n) is 11.0. The van der Waals surface area contributed by atoms with Crippen LogP contribution < -0.4 is 11.1 Å². The number of carboxylic acid groups (broad SMARTS) is 1. The number of nitrogens with two attached hydrogens (primary N) is 1. The Balaban J connectivity index is 3.00. The first-order chi connectivity index (χ1) is 8.62. The zero-order valence-corrected chi connectivity index (χ0v) is 13.2. The lowest BCUT2D eigenvalue weighted by Crippen LogP contribution is -2.45. The van der Waals surface area contributed by atoms with Crippen LogP contribution in [0.4, 0.5) is 5.69 Å². The largest absolute Gasteiger partial charge is 0.478 e. The van der Waals surface area contributed by atoms with Gasteiger partial charge in [0, 0.05) is 3.57 Å². The van der Waals surface area contributed by atoms with Crippen LogP contribution in [0.3, 0.4) is 0 Å². The van der Waals surface area contributed by atoms with Gasteiger partial charge in [0.1, 0.15) is 0 Å². The number of halogens is 1. The van der Waals surface area contributed by atoms with Crippen molar-refractivity contribution < 1.29 is 14.7 Å². The summed E-state index contributed by atoms with van der Waals surface area (Å²) in [6.45, 7) is 5.55. The fraction of sp³-hybridized carbons (Fsp3) is 0.385. The summed E-state index contributed by atoms with van der Waals surface area (Å²) < 4.78 is 0.785. The van der Waals surface area contributed by atoms with Gasteiger partial charge in [0.25, 0.3) is 0 Å². The Hall–Kier alpha value is -1.15. The number of hydrogen-bond donors (Lipinski definition) is 3. The van der Waals surface area contributed by atoms with Crippen LogP contribution >= 0.6 is 22.6 Å². The number of carboxylic acids is 1. The number of carbonyl (C=O) groups excluding carboxylic acids is 1. The van der Waals surface area contributed by atoms with Gasteiger partial charge in [-0.2, -0.15) is 0 Å². The topological polar surface area (TPSA) is 92.4 Å². The first kappa shape index (κ1) is 15.9. The minimum absolute atomic E-state index is 0.0568. The van der Waals surface area contributed by atoms with Gasteiger partial charge >= 0.3 is 5.97 Å². The first-order valence-corrected chi connectivity index (χ1v) is 6.80. The van der Waals surface area contributed by atoms with Crippen molar-refractivity contribution in [1.82, 2.24) is 0 Å². The monoisotopic (exact) mass is 376 g/mol. The summed E-state index contributed by atoms with van der Waals surface area (Å²) in [5.41, 5.74) is 5.76. The van der Waals surface area contributed by atoms with Gasteiger partial charge in [-0.05, 0) is 46.2 Å². The van der Waals surface area contributed by atoms with Gasteiger partial charge in [-0.1, -0.05) is 20.8 Å². The SMILES string of the molecule is CC(C)(C)[C@H](N)C(=O)Nc1ccc(I)cc1C(=O)O. The fourth-order valence-electron chi connectivity index (χ4n) is 1.41. The normalized spacial score (nSPS) is 12.9. The maximum absolute atomic E-state index is 12.0. The molecule has 1 amide bonds. The van der Waals surface area contributed by atoms with Crippen molar-refractivity contribution >= 4 is 40.2 Å². The van der Waals surface area contributed by atoms with E-state index >= 15 is 0 Å². The Kier molecular flexibility index (Phi) is 4.92. The van der Waals surface area contributed by atoms with E-state index in [0.717, 1.165) is 3.57 Å². The molecule has 1 aromatic rings. The van der Waals surface area contributed by atoms with Crippen LogP contribution in [0, 0.1) is 8.99 Å². The molecule has 0 aliphatic carbocycles. The number of aromatic carboxylic acids is 1. The number of benzene rings is 1. The molecule has 19 heavy (non-hydrogen) atoms. The smallest absolute Gasteiger partial charge is 0.337 e. The van der Waals surface area contributed by atoms with Gasteiger partial charge in [0.05, 0.1) is 17.3 Å². The summed E-state index contributed by atoms with van der Waals surface area (Å²) >= 11 is 2.01. The second-order valence-electron chi connectivity index (χ2n) is 5.33. The van der Waals surface area contributed by atoms with Gasteiger partial charge in [-0.25, -0.2) is 4.79 Å². The maximum atomic E-state index is 12.0. The molecule has 0 heterocycles. The molecule has 0 unspecified atom stereocenters. The fourth-order valence-corrected chi connectivity index (χ4v) is 1.90. The van der Waals surface area contributed by atoms with Crippen LogP contribution in [0.25, 0.3) is 0 Å². The summed E-state index contributed by atoms with van der Waals surface area (Å²) in [7, 11) is 0. The quantitative estimate of drug-likeness (QED) is 0.706. The summed E-state index contributed by atoms with van der Waals surface area (Å²) in [5.74, 6) is -1.48. The molecule has 0 saturated heterocycles. The third-order valence-corrected chi connectivity index (χ3v) is 3.36. The standard InChI is InChI=1S/C13H17IN2O3/c1-13(2,3)10(15)11(17)16-9-5-4-7(14)6-8(9)12(18)19/h4-6,10H,15H2,1-3H3,(H,16,17)(H,18,19)/t10-/m1/s1. The number of carbonyl (C=O) groups is 2. The van der Waals surface area contributed by atoms with E-state index in [1.807, 2.05) is 43.4 Å². The molecule has 5 nitrogen and oxygen atoms in total. The Morgan fingerprint density at radius 3 is 2.42 bits per heavy atom. The van der Waals surface area contributed by atoms with Crippen molar-refractivity contribution in [2.45, 2.75) is 26.8 Å². The molecule has 0 fully saturated rings. The van der Waals surface area contributed by atoms with E-state index in [1.54, 1.807) is 12.1 Å². The summed E-state index contributed by atoms with van der Waals surface area (Å²) in [5, 5.41) is 11.7. The van der Waals surface area contributed by atoms with Crippen LogP contribution in [0.5, 0.6) is 0 Å². The molecule has 0 radical (unpaired) electrons. The first-order valence-electron chi connectivity index (χ1n) is 5.72. The van der Waals surface area contributed by atoms with Crippen LogP contribution in [-0.2, 0) is 4.79 Å². The van der Waals surface area contributed by atoms with Gasteiger partial charge < -0.3 is 16.2 Å². The number of amides is 1. The molecular weight excluding hydrogens is 359 g/mol. The van der Waals surface area contributed by atoms with Crippen molar-refractivity contribution in [3.63, 3.8) is 0 Å². The number of nitrogens with one attached hydrogen (secondary N) is 1. The Bertz CT molecular complexity index is 509. The molecule has 0 saturated carbocycles. The highest BCUT2D eigenvalue weighted by atomic mass is 127.